The molecule has 0 bridgehead atoms. The van der Waals surface area contributed by atoms with Crippen LogP contribution in [0.3, 0.4) is 0 Å². The lowest BCUT2D eigenvalue weighted by atomic mass is 10.0. The van der Waals surface area contributed by atoms with Crippen LogP contribution in [0.15, 0.2) is 30.3 Å². The van der Waals surface area contributed by atoms with E-state index in [0.717, 1.165) is 38.9 Å². The Hall–Kier alpha value is -2.17. The molecule has 158 valence electrons. The van der Waals surface area contributed by atoms with E-state index in [4.69, 9.17) is 0 Å². The maximum absolute atomic E-state index is 12.8. The van der Waals surface area contributed by atoms with E-state index in [1.54, 1.807) is 0 Å². The molecule has 3 heterocycles. The summed E-state index contributed by atoms with van der Waals surface area (Å²) in [6.07, 6.45) is 3.28. The Morgan fingerprint density at radius 1 is 1.14 bits per heavy atom. The molecule has 3 aliphatic rings. The van der Waals surface area contributed by atoms with Crippen molar-refractivity contribution in [3.63, 3.8) is 0 Å². The van der Waals surface area contributed by atoms with Crippen molar-refractivity contribution in [3.8, 4) is 0 Å². The fraction of sp³-hybridized carbons (Fsp3) is 0.579. The number of hydrogen-bond donors (Lipinski definition) is 2. The maximum atomic E-state index is 12.8. The number of β-lactam (4-membered cyclic amide) rings is 1. The molecule has 4 rings (SSSR count). The van der Waals surface area contributed by atoms with E-state index in [1.165, 1.54) is 10.5 Å². The molecule has 0 spiro atoms. The Balaban J connectivity index is 1.36. The molecule has 3 amide bonds. The Kier molecular flexibility index (Phi) is 5.50. The zero-order chi connectivity index (χ0) is 20.6. The summed E-state index contributed by atoms with van der Waals surface area (Å²) in [5.74, 6) is -0.739. The zero-order valence-corrected chi connectivity index (χ0v) is 16.9. The third-order valence-corrected chi connectivity index (χ3v) is 6.93. The SMILES string of the molecule is O=C(N[C@H]1CCCCN(Cc2ccccc2)C1)N1CC[C@@H]2[C@H]1C(=O)N2S(=O)(=O)O. The van der Waals surface area contributed by atoms with E-state index in [1.807, 2.05) is 18.2 Å². The van der Waals surface area contributed by atoms with Crippen molar-refractivity contribution in [3.05, 3.63) is 35.9 Å². The van der Waals surface area contributed by atoms with E-state index >= 15 is 0 Å². The van der Waals surface area contributed by atoms with Crippen LogP contribution in [0.25, 0.3) is 0 Å². The van der Waals surface area contributed by atoms with Gasteiger partial charge in [0.15, 0.2) is 0 Å². The molecule has 0 aliphatic carbocycles. The van der Waals surface area contributed by atoms with Gasteiger partial charge in [-0.15, -0.1) is 0 Å². The van der Waals surface area contributed by atoms with E-state index in [0.29, 0.717) is 17.3 Å². The monoisotopic (exact) mass is 422 g/mol. The molecule has 0 radical (unpaired) electrons. The van der Waals surface area contributed by atoms with Crippen molar-refractivity contribution in [1.29, 1.82) is 0 Å². The number of likely N-dealkylation sites (tertiary alicyclic amines) is 2. The number of urea groups is 1. The van der Waals surface area contributed by atoms with Gasteiger partial charge in [-0.25, -0.2) is 9.10 Å². The van der Waals surface area contributed by atoms with Crippen LogP contribution in [0.4, 0.5) is 4.79 Å². The fourth-order valence-corrected chi connectivity index (χ4v) is 5.52. The highest BCUT2D eigenvalue weighted by Gasteiger charge is 2.60. The van der Waals surface area contributed by atoms with Crippen LogP contribution >= 0.6 is 0 Å². The summed E-state index contributed by atoms with van der Waals surface area (Å²) in [5.41, 5.74) is 1.23. The van der Waals surface area contributed by atoms with E-state index in [2.05, 4.69) is 22.3 Å². The summed E-state index contributed by atoms with van der Waals surface area (Å²) >= 11 is 0. The molecule has 3 fully saturated rings. The van der Waals surface area contributed by atoms with Crippen molar-refractivity contribution >= 4 is 22.2 Å². The summed E-state index contributed by atoms with van der Waals surface area (Å²) in [6.45, 7) is 2.81. The zero-order valence-electron chi connectivity index (χ0n) is 16.1. The van der Waals surface area contributed by atoms with Crippen LogP contribution in [0.2, 0.25) is 0 Å². The first-order chi connectivity index (χ1) is 13.8. The highest BCUT2D eigenvalue weighted by molar-refractivity contribution is 7.84. The highest BCUT2D eigenvalue weighted by atomic mass is 32.2. The van der Waals surface area contributed by atoms with Gasteiger partial charge in [-0.05, 0) is 31.4 Å². The molecular weight excluding hydrogens is 396 g/mol. The standard InChI is InChI=1S/C19H26N4O5S/c24-18-17-16(23(18)29(26,27)28)9-11-22(17)19(25)20-15-8-4-5-10-21(13-15)12-14-6-2-1-3-7-14/h1-3,6-7,15-17H,4-5,8-13H2,(H,20,25)(H,26,27,28)/t15-,16+,17-/m0/s1. The van der Waals surface area contributed by atoms with Crippen LogP contribution in [0.1, 0.15) is 31.2 Å². The Morgan fingerprint density at radius 3 is 2.62 bits per heavy atom. The first-order valence-electron chi connectivity index (χ1n) is 9.98. The van der Waals surface area contributed by atoms with Crippen LogP contribution in [-0.4, -0.2) is 76.8 Å². The summed E-state index contributed by atoms with van der Waals surface area (Å²) in [5, 5.41) is 3.04. The molecule has 10 heteroatoms. The van der Waals surface area contributed by atoms with Crippen molar-refractivity contribution < 1.29 is 22.6 Å². The van der Waals surface area contributed by atoms with Crippen molar-refractivity contribution in [2.24, 2.45) is 0 Å². The van der Waals surface area contributed by atoms with E-state index in [-0.39, 0.29) is 12.1 Å². The predicted molar refractivity (Wildman–Crippen MR) is 105 cm³/mol. The Morgan fingerprint density at radius 2 is 1.90 bits per heavy atom. The minimum absolute atomic E-state index is 0.0272. The summed E-state index contributed by atoms with van der Waals surface area (Å²) in [4.78, 5) is 28.7. The highest BCUT2D eigenvalue weighted by Crippen LogP contribution is 2.35. The number of nitrogens with one attached hydrogen (secondary N) is 1. The number of benzene rings is 1. The molecule has 0 unspecified atom stereocenters. The fourth-order valence-electron chi connectivity index (χ4n) is 4.62. The van der Waals surface area contributed by atoms with Gasteiger partial charge in [-0.3, -0.25) is 14.2 Å². The molecule has 2 N–H and O–H groups in total. The first-order valence-corrected chi connectivity index (χ1v) is 11.4. The molecule has 1 aromatic rings. The van der Waals surface area contributed by atoms with Gasteiger partial charge in [-0.1, -0.05) is 36.8 Å². The van der Waals surface area contributed by atoms with Crippen molar-refractivity contribution in [2.75, 3.05) is 19.6 Å². The number of rotatable bonds is 4. The van der Waals surface area contributed by atoms with Crippen LogP contribution in [0, 0.1) is 0 Å². The van der Waals surface area contributed by atoms with Gasteiger partial charge in [0.25, 0.3) is 5.91 Å². The molecule has 0 aromatic heterocycles. The van der Waals surface area contributed by atoms with Gasteiger partial charge in [0.05, 0.1) is 6.04 Å². The molecule has 3 aliphatic heterocycles. The lowest BCUT2D eigenvalue weighted by molar-refractivity contribution is -0.143. The van der Waals surface area contributed by atoms with Gasteiger partial charge in [0, 0.05) is 25.7 Å². The number of fused-ring (bicyclic) bond motifs is 1. The normalized spacial score (nSPS) is 27.9. The average Bonchev–Trinajstić information content (AvgIpc) is 2.89. The summed E-state index contributed by atoms with van der Waals surface area (Å²) in [7, 11) is -4.57. The second-order valence-corrected chi connectivity index (χ2v) is 9.26. The maximum Gasteiger partial charge on any atom is 0.362 e. The average molecular weight is 423 g/mol. The predicted octanol–water partition coefficient (Wildman–Crippen LogP) is 0.839. The first kappa shape index (κ1) is 20.1. The number of hydrogen-bond acceptors (Lipinski definition) is 5. The van der Waals surface area contributed by atoms with Gasteiger partial charge < -0.3 is 10.2 Å². The van der Waals surface area contributed by atoms with Gasteiger partial charge >= 0.3 is 16.3 Å². The third-order valence-electron chi connectivity index (χ3n) is 5.98. The Labute approximate surface area is 170 Å². The Bertz CT molecular complexity index is 878. The van der Waals surface area contributed by atoms with Gasteiger partial charge in [0.1, 0.15) is 6.04 Å². The van der Waals surface area contributed by atoms with E-state index < -0.39 is 28.3 Å². The lowest BCUT2D eigenvalue weighted by Gasteiger charge is -2.42. The molecule has 0 saturated carbocycles. The van der Waals surface area contributed by atoms with Crippen LogP contribution in [0.5, 0.6) is 0 Å². The van der Waals surface area contributed by atoms with Crippen molar-refractivity contribution in [1.82, 2.24) is 19.4 Å². The second-order valence-electron chi connectivity index (χ2n) is 7.97. The smallest absolute Gasteiger partial charge is 0.334 e. The number of carbonyl (C=O) groups is 2. The topological polar surface area (TPSA) is 110 Å². The van der Waals surface area contributed by atoms with Crippen LogP contribution < -0.4 is 5.32 Å². The van der Waals surface area contributed by atoms with Crippen molar-refractivity contribution in [2.45, 2.75) is 50.4 Å². The quantitative estimate of drug-likeness (QED) is 0.550. The van der Waals surface area contributed by atoms with Gasteiger partial charge in [-0.2, -0.15) is 8.42 Å². The van der Waals surface area contributed by atoms with Crippen LogP contribution in [-0.2, 0) is 21.6 Å². The number of nitrogens with zero attached hydrogens (tertiary/aromatic N) is 3. The molecule has 1 aromatic carbocycles. The van der Waals surface area contributed by atoms with Gasteiger partial charge in [0.2, 0.25) is 0 Å². The number of carbonyl (C=O) groups excluding carboxylic acids is 2. The minimum Gasteiger partial charge on any atom is -0.334 e. The minimum atomic E-state index is -4.57. The molecular formula is C19H26N4O5S. The molecule has 3 saturated heterocycles. The molecule has 3 atom stereocenters. The number of amides is 3. The molecule has 9 nitrogen and oxygen atoms in total. The molecule has 29 heavy (non-hydrogen) atoms. The summed E-state index contributed by atoms with van der Waals surface area (Å²) < 4.78 is 32.3. The largest absolute Gasteiger partial charge is 0.362 e. The van der Waals surface area contributed by atoms with E-state index in [9.17, 15) is 22.6 Å². The summed E-state index contributed by atoms with van der Waals surface area (Å²) in [6, 6.07) is 8.37. The third kappa shape index (κ3) is 4.10. The second kappa shape index (κ2) is 7.92. The lowest BCUT2D eigenvalue weighted by Crippen LogP contribution is -2.69.